The third-order valence-corrected chi connectivity index (χ3v) is 4.93. The number of anilines is 1. The predicted octanol–water partition coefficient (Wildman–Crippen LogP) is 3.97. The zero-order valence-electron chi connectivity index (χ0n) is 14.3. The molecule has 0 aromatic carbocycles. The van der Waals surface area contributed by atoms with Crippen LogP contribution in [0.15, 0.2) is 10.7 Å². The van der Waals surface area contributed by atoms with Gasteiger partial charge in [0.15, 0.2) is 0 Å². The van der Waals surface area contributed by atoms with Crippen LogP contribution < -0.4 is 10.2 Å². The van der Waals surface area contributed by atoms with Crippen molar-refractivity contribution in [3.63, 3.8) is 0 Å². The highest BCUT2D eigenvalue weighted by Gasteiger charge is 2.32. The molecule has 0 bridgehead atoms. The largest absolute Gasteiger partial charge is 0.432 e. The van der Waals surface area contributed by atoms with Gasteiger partial charge in [0.2, 0.25) is 0 Å². The molecule has 1 N–H and O–H groups in total. The smallest absolute Gasteiger partial charge is 0.297 e. The average Bonchev–Trinajstić information content (AvgIpc) is 2.93. The molecule has 1 aliphatic heterocycles. The lowest BCUT2D eigenvalue weighted by Crippen LogP contribution is -2.39. The number of hydrogen-bond acceptors (Lipinski definition) is 4. The molecule has 1 aromatic rings. The van der Waals surface area contributed by atoms with Crippen LogP contribution in [-0.2, 0) is 6.54 Å². The summed E-state index contributed by atoms with van der Waals surface area (Å²) in [5.74, 6) is 0. The monoisotopic (exact) mass is 293 g/mol. The fourth-order valence-electron chi connectivity index (χ4n) is 3.01. The van der Waals surface area contributed by atoms with Crippen molar-refractivity contribution in [1.29, 1.82) is 0 Å². The van der Waals surface area contributed by atoms with Gasteiger partial charge in [0.1, 0.15) is 6.26 Å². The highest BCUT2D eigenvalue weighted by molar-refractivity contribution is 5.28. The summed E-state index contributed by atoms with van der Waals surface area (Å²) in [6.07, 6.45) is 6.85. The first-order chi connectivity index (χ1) is 9.87. The Morgan fingerprint density at radius 1 is 1.24 bits per heavy atom. The van der Waals surface area contributed by atoms with Crippen LogP contribution in [0.2, 0.25) is 0 Å². The second kappa shape index (κ2) is 6.39. The lowest BCUT2D eigenvalue weighted by atomic mass is 9.74. The molecule has 1 aromatic heterocycles. The third kappa shape index (κ3) is 4.22. The first-order valence-corrected chi connectivity index (χ1v) is 8.32. The standard InChI is InChI=1S/C17H31N3O/c1-6-17(7-2)8-10-20(11-9-17)15-19-14(13-21-15)12-18-16(3,4)5/h13,18H,6-12H2,1-5H3. The normalized spacial score (nSPS) is 19.0. The van der Waals surface area contributed by atoms with E-state index in [9.17, 15) is 0 Å². The Labute approximate surface area is 129 Å². The van der Waals surface area contributed by atoms with E-state index < -0.39 is 0 Å². The van der Waals surface area contributed by atoms with Crippen molar-refractivity contribution in [1.82, 2.24) is 10.3 Å². The van der Waals surface area contributed by atoms with Gasteiger partial charge in [0.05, 0.1) is 5.69 Å². The molecule has 120 valence electrons. The number of nitrogens with one attached hydrogen (secondary N) is 1. The summed E-state index contributed by atoms with van der Waals surface area (Å²) in [5, 5.41) is 3.44. The van der Waals surface area contributed by atoms with E-state index in [-0.39, 0.29) is 5.54 Å². The van der Waals surface area contributed by atoms with Crippen molar-refractivity contribution in [2.75, 3.05) is 18.0 Å². The van der Waals surface area contributed by atoms with Crippen LogP contribution in [0.25, 0.3) is 0 Å². The molecule has 4 heteroatoms. The summed E-state index contributed by atoms with van der Waals surface area (Å²) in [6, 6.07) is 0.793. The van der Waals surface area contributed by atoms with Crippen molar-refractivity contribution < 1.29 is 4.42 Å². The first kappa shape index (κ1) is 16.3. The molecule has 1 aliphatic rings. The Balaban J connectivity index is 1.91. The molecule has 4 nitrogen and oxygen atoms in total. The SMILES string of the molecule is CCC1(CC)CCN(c2nc(CNC(C)(C)C)co2)CC1. The van der Waals surface area contributed by atoms with E-state index in [0.29, 0.717) is 5.41 Å². The molecular weight excluding hydrogens is 262 g/mol. The number of aromatic nitrogens is 1. The van der Waals surface area contributed by atoms with Gasteiger partial charge in [0.25, 0.3) is 6.01 Å². The van der Waals surface area contributed by atoms with Crippen LogP contribution in [0.1, 0.15) is 66.0 Å². The summed E-state index contributed by atoms with van der Waals surface area (Å²) in [7, 11) is 0. The minimum atomic E-state index is 0.103. The van der Waals surface area contributed by atoms with E-state index in [1.54, 1.807) is 6.26 Å². The molecule has 0 unspecified atom stereocenters. The van der Waals surface area contributed by atoms with Crippen LogP contribution in [0.4, 0.5) is 6.01 Å². The zero-order chi connectivity index (χ0) is 15.5. The second-order valence-corrected chi connectivity index (χ2v) is 7.42. The van der Waals surface area contributed by atoms with Gasteiger partial charge in [-0.1, -0.05) is 26.7 Å². The molecule has 2 heterocycles. The molecule has 21 heavy (non-hydrogen) atoms. The lowest BCUT2D eigenvalue weighted by molar-refractivity contribution is 0.196. The van der Waals surface area contributed by atoms with Gasteiger partial charge in [-0.2, -0.15) is 4.98 Å². The molecule has 0 radical (unpaired) electrons. The molecule has 0 saturated carbocycles. The van der Waals surface area contributed by atoms with E-state index >= 15 is 0 Å². The fraction of sp³-hybridized carbons (Fsp3) is 0.824. The summed E-state index contributed by atoms with van der Waals surface area (Å²) >= 11 is 0. The van der Waals surface area contributed by atoms with E-state index in [1.165, 1.54) is 25.7 Å². The topological polar surface area (TPSA) is 41.3 Å². The molecule has 2 rings (SSSR count). The van der Waals surface area contributed by atoms with Crippen LogP contribution >= 0.6 is 0 Å². The summed E-state index contributed by atoms with van der Waals surface area (Å²) in [5.41, 5.74) is 1.63. The van der Waals surface area contributed by atoms with Crippen LogP contribution in [0.3, 0.4) is 0 Å². The molecule has 0 spiro atoms. The predicted molar refractivity (Wildman–Crippen MR) is 87.6 cm³/mol. The summed E-state index contributed by atoms with van der Waals surface area (Å²) < 4.78 is 5.68. The Morgan fingerprint density at radius 3 is 2.38 bits per heavy atom. The quantitative estimate of drug-likeness (QED) is 0.892. The number of oxazole rings is 1. The Morgan fingerprint density at radius 2 is 1.86 bits per heavy atom. The maximum atomic E-state index is 5.68. The highest BCUT2D eigenvalue weighted by atomic mass is 16.4. The molecule has 0 atom stereocenters. The summed E-state index contributed by atoms with van der Waals surface area (Å²) in [4.78, 5) is 6.93. The maximum Gasteiger partial charge on any atom is 0.297 e. The molecule has 0 aliphatic carbocycles. The van der Waals surface area contributed by atoms with E-state index in [2.05, 4.69) is 49.8 Å². The van der Waals surface area contributed by atoms with Crippen LogP contribution in [-0.4, -0.2) is 23.6 Å². The Bertz CT molecular complexity index is 433. The van der Waals surface area contributed by atoms with E-state index in [0.717, 1.165) is 31.3 Å². The second-order valence-electron chi connectivity index (χ2n) is 7.42. The van der Waals surface area contributed by atoms with Crippen molar-refractivity contribution in [2.24, 2.45) is 5.41 Å². The molecule has 1 fully saturated rings. The number of nitrogens with zero attached hydrogens (tertiary/aromatic N) is 2. The van der Waals surface area contributed by atoms with Gasteiger partial charge in [-0.15, -0.1) is 0 Å². The lowest BCUT2D eigenvalue weighted by Gasteiger charge is -2.40. The van der Waals surface area contributed by atoms with Crippen molar-refractivity contribution in [2.45, 2.75) is 72.4 Å². The zero-order valence-corrected chi connectivity index (χ0v) is 14.3. The van der Waals surface area contributed by atoms with Crippen molar-refractivity contribution in [3.05, 3.63) is 12.0 Å². The van der Waals surface area contributed by atoms with Crippen LogP contribution in [0, 0.1) is 5.41 Å². The maximum absolute atomic E-state index is 5.68. The van der Waals surface area contributed by atoms with E-state index in [4.69, 9.17) is 4.42 Å². The van der Waals surface area contributed by atoms with Crippen LogP contribution in [0.5, 0.6) is 0 Å². The van der Waals surface area contributed by atoms with Gasteiger partial charge in [0, 0.05) is 25.2 Å². The highest BCUT2D eigenvalue weighted by Crippen LogP contribution is 2.38. The van der Waals surface area contributed by atoms with Gasteiger partial charge in [-0.3, -0.25) is 0 Å². The number of piperidine rings is 1. The fourth-order valence-corrected chi connectivity index (χ4v) is 3.01. The summed E-state index contributed by atoms with van der Waals surface area (Å²) in [6.45, 7) is 14.0. The number of hydrogen-bond donors (Lipinski definition) is 1. The molecule has 0 amide bonds. The Hall–Kier alpha value is -1.03. The van der Waals surface area contributed by atoms with Gasteiger partial charge >= 0.3 is 0 Å². The van der Waals surface area contributed by atoms with Gasteiger partial charge in [-0.05, 0) is 39.0 Å². The van der Waals surface area contributed by atoms with E-state index in [1.807, 2.05) is 0 Å². The molecular formula is C17H31N3O. The Kier molecular flexibility index (Phi) is 4.97. The van der Waals surface area contributed by atoms with Gasteiger partial charge in [-0.25, -0.2) is 0 Å². The van der Waals surface area contributed by atoms with Crippen molar-refractivity contribution >= 4 is 6.01 Å². The average molecular weight is 293 g/mol. The minimum Gasteiger partial charge on any atom is -0.432 e. The minimum absolute atomic E-state index is 0.103. The molecule has 1 saturated heterocycles. The van der Waals surface area contributed by atoms with Crippen molar-refractivity contribution in [3.8, 4) is 0 Å². The number of rotatable bonds is 5. The van der Waals surface area contributed by atoms with Gasteiger partial charge < -0.3 is 14.6 Å². The first-order valence-electron chi connectivity index (χ1n) is 8.32. The third-order valence-electron chi connectivity index (χ3n) is 4.93.